The van der Waals surface area contributed by atoms with Crippen molar-refractivity contribution in [2.45, 2.75) is 39.2 Å². The highest BCUT2D eigenvalue weighted by Gasteiger charge is 2.29. The van der Waals surface area contributed by atoms with E-state index >= 15 is 0 Å². The minimum atomic E-state index is -0.340. The highest BCUT2D eigenvalue weighted by molar-refractivity contribution is 5.01. The Labute approximate surface area is 75.8 Å². The van der Waals surface area contributed by atoms with Gasteiger partial charge in [0.05, 0.1) is 6.10 Å². The molecule has 1 heteroatoms. The molecule has 0 bridgehead atoms. The van der Waals surface area contributed by atoms with Crippen LogP contribution in [0.2, 0.25) is 0 Å². The zero-order valence-electron chi connectivity index (χ0n) is 8.21. The van der Waals surface area contributed by atoms with E-state index < -0.39 is 0 Å². The van der Waals surface area contributed by atoms with Crippen molar-refractivity contribution < 1.29 is 5.11 Å². The van der Waals surface area contributed by atoms with Crippen LogP contribution in [0.15, 0.2) is 25.3 Å². The standard InChI is InChI=1S/C11H20O/c1-5-8-11(7-3,9-6-2)10(4)12/h5,7,10,12H,1,3,6,8-9H2,2,4H3. The molecular weight excluding hydrogens is 148 g/mol. The molecule has 0 aliphatic carbocycles. The van der Waals surface area contributed by atoms with Crippen LogP contribution in [0.25, 0.3) is 0 Å². The van der Waals surface area contributed by atoms with E-state index in [2.05, 4.69) is 20.1 Å². The van der Waals surface area contributed by atoms with E-state index in [0.717, 1.165) is 19.3 Å². The summed E-state index contributed by atoms with van der Waals surface area (Å²) >= 11 is 0. The van der Waals surface area contributed by atoms with Gasteiger partial charge in [-0.1, -0.05) is 25.5 Å². The Morgan fingerprint density at radius 2 is 2.08 bits per heavy atom. The molecule has 0 amide bonds. The van der Waals surface area contributed by atoms with Crippen LogP contribution in [0.5, 0.6) is 0 Å². The number of allylic oxidation sites excluding steroid dienone is 1. The van der Waals surface area contributed by atoms with Crippen LogP contribution in [0.4, 0.5) is 0 Å². The summed E-state index contributed by atoms with van der Waals surface area (Å²) in [7, 11) is 0. The van der Waals surface area contributed by atoms with Gasteiger partial charge in [-0.05, 0) is 19.8 Å². The van der Waals surface area contributed by atoms with Gasteiger partial charge < -0.3 is 5.11 Å². The maximum atomic E-state index is 9.61. The summed E-state index contributed by atoms with van der Waals surface area (Å²) in [6, 6.07) is 0. The van der Waals surface area contributed by atoms with Gasteiger partial charge in [-0.15, -0.1) is 13.2 Å². The molecule has 0 aromatic carbocycles. The van der Waals surface area contributed by atoms with Crippen LogP contribution in [0.1, 0.15) is 33.1 Å². The Kier molecular flexibility index (Phi) is 4.91. The fourth-order valence-corrected chi connectivity index (χ4v) is 1.57. The molecule has 0 rings (SSSR count). The molecule has 0 aliphatic rings. The number of hydrogen-bond acceptors (Lipinski definition) is 1. The molecule has 1 N–H and O–H groups in total. The van der Waals surface area contributed by atoms with Gasteiger partial charge in [0.25, 0.3) is 0 Å². The number of aliphatic hydroxyl groups is 1. The van der Waals surface area contributed by atoms with Gasteiger partial charge in [0.1, 0.15) is 0 Å². The molecule has 1 nitrogen and oxygen atoms in total. The lowest BCUT2D eigenvalue weighted by Gasteiger charge is -2.32. The number of aliphatic hydroxyl groups excluding tert-OH is 1. The Morgan fingerprint density at radius 1 is 1.50 bits per heavy atom. The minimum Gasteiger partial charge on any atom is -0.393 e. The first-order valence-corrected chi connectivity index (χ1v) is 4.55. The summed E-state index contributed by atoms with van der Waals surface area (Å²) in [5.41, 5.74) is -0.156. The van der Waals surface area contributed by atoms with E-state index in [1.54, 1.807) is 0 Å². The van der Waals surface area contributed by atoms with Crippen molar-refractivity contribution in [1.82, 2.24) is 0 Å². The summed E-state index contributed by atoms with van der Waals surface area (Å²) < 4.78 is 0. The van der Waals surface area contributed by atoms with Crippen molar-refractivity contribution in [2.75, 3.05) is 0 Å². The second-order valence-electron chi connectivity index (χ2n) is 3.36. The third-order valence-corrected chi connectivity index (χ3v) is 2.48. The third-order valence-electron chi connectivity index (χ3n) is 2.48. The zero-order chi connectivity index (χ0) is 9.61. The maximum absolute atomic E-state index is 9.61. The predicted molar refractivity (Wildman–Crippen MR) is 54.0 cm³/mol. The fraction of sp³-hybridized carbons (Fsp3) is 0.636. The molecule has 70 valence electrons. The van der Waals surface area contributed by atoms with Crippen LogP contribution in [0.3, 0.4) is 0 Å². The average Bonchev–Trinajstić information content (AvgIpc) is 2.03. The van der Waals surface area contributed by atoms with Crippen LogP contribution in [-0.4, -0.2) is 11.2 Å². The molecule has 0 spiro atoms. The smallest absolute Gasteiger partial charge is 0.0605 e. The quantitative estimate of drug-likeness (QED) is 0.605. The number of hydrogen-bond donors (Lipinski definition) is 1. The second-order valence-corrected chi connectivity index (χ2v) is 3.36. The van der Waals surface area contributed by atoms with Crippen LogP contribution < -0.4 is 0 Å². The summed E-state index contributed by atoms with van der Waals surface area (Å²) in [4.78, 5) is 0. The average molecular weight is 168 g/mol. The normalized spacial score (nSPS) is 17.9. The summed E-state index contributed by atoms with van der Waals surface area (Å²) in [5.74, 6) is 0. The Bertz CT molecular complexity index is 149. The summed E-state index contributed by atoms with van der Waals surface area (Å²) in [5, 5.41) is 9.61. The van der Waals surface area contributed by atoms with Crippen LogP contribution in [0, 0.1) is 5.41 Å². The highest BCUT2D eigenvalue weighted by Crippen LogP contribution is 2.33. The van der Waals surface area contributed by atoms with E-state index in [0.29, 0.717) is 0 Å². The highest BCUT2D eigenvalue weighted by atomic mass is 16.3. The van der Waals surface area contributed by atoms with E-state index in [9.17, 15) is 5.11 Å². The largest absolute Gasteiger partial charge is 0.393 e. The van der Waals surface area contributed by atoms with E-state index in [1.165, 1.54) is 0 Å². The van der Waals surface area contributed by atoms with E-state index in [1.807, 2.05) is 19.1 Å². The lowest BCUT2D eigenvalue weighted by Crippen LogP contribution is -2.30. The molecule has 12 heavy (non-hydrogen) atoms. The molecule has 0 aliphatic heterocycles. The van der Waals surface area contributed by atoms with Gasteiger partial charge in [0.15, 0.2) is 0 Å². The molecule has 0 aromatic heterocycles. The molecule has 0 fully saturated rings. The van der Waals surface area contributed by atoms with E-state index in [4.69, 9.17) is 0 Å². The van der Waals surface area contributed by atoms with Gasteiger partial charge in [0.2, 0.25) is 0 Å². The van der Waals surface area contributed by atoms with Gasteiger partial charge in [-0.25, -0.2) is 0 Å². The van der Waals surface area contributed by atoms with Crippen molar-refractivity contribution in [3.05, 3.63) is 25.3 Å². The van der Waals surface area contributed by atoms with Gasteiger partial charge in [0, 0.05) is 5.41 Å². The molecule has 0 radical (unpaired) electrons. The Morgan fingerprint density at radius 3 is 2.33 bits per heavy atom. The van der Waals surface area contributed by atoms with Crippen molar-refractivity contribution in [2.24, 2.45) is 5.41 Å². The lowest BCUT2D eigenvalue weighted by molar-refractivity contribution is 0.0693. The zero-order valence-corrected chi connectivity index (χ0v) is 8.21. The number of rotatable bonds is 6. The van der Waals surface area contributed by atoms with Crippen molar-refractivity contribution >= 4 is 0 Å². The van der Waals surface area contributed by atoms with Crippen molar-refractivity contribution in [3.63, 3.8) is 0 Å². The Hall–Kier alpha value is -0.560. The monoisotopic (exact) mass is 168 g/mol. The minimum absolute atomic E-state index is 0.156. The molecule has 0 aromatic rings. The van der Waals surface area contributed by atoms with Crippen molar-refractivity contribution in [1.29, 1.82) is 0 Å². The lowest BCUT2D eigenvalue weighted by atomic mass is 9.76. The second kappa shape index (κ2) is 5.15. The SMILES string of the molecule is C=CCC(C=C)(CCC)C(C)O. The first kappa shape index (κ1) is 11.4. The predicted octanol–water partition coefficient (Wildman–Crippen LogP) is 2.92. The maximum Gasteiger partial charge on any atom is 0.0605 e. The summed E-state index contributed by atoms with van der Waals surface area (Å²) in [6.45, 7) is 11.4. The molecule has 0 heterocycles. The van der Waals surface area contributed by atoms with E-state index in [-0.39, 0.29) is 11.5 Å². The molecule has 2 atom stereocenters. The molecular formula is C11H20O. The van der Waals surface area contributed by atoms with Gasteiger partial charge in [-0.2, -0.15) is 0 Å². The molecule has 0 saturated carbocycles. The fourth-order valence-electron chi connectivity index (χ4n) is 1.57. The molecule has 0 saturated heterocycles. The van der Waals surface area contributed by atoms with Crippen LogP contribution in [-0.2, 0) is 0 Å². The van der Waals surface area contributed by atoms with Crippen LogP contribution >= 0.6 is 0 Å². The Balaban J connectivity index is 4.49. The van der Waals surface area contributed by atoms with Gasteiger partial charge >= 0.3 is 0 Å². The first-order valence-electron chi connectivity index (χ1n) is 4.55. The van der Waals surface area contributed by atoms with Crippen molar-refractivity contribution in [3.8, 4) is 0 Å². The third kappa shape index (κ3) is 2.49. The summed E-state index contributed by atoms with van der Waals surface area (Å²) in [6.07, 6.45) is 6.22. The first-order chi connectivity index (χ1) is 5.63. The molecule has 2 unspecified atom stereocenters. The topological polar surface area (TPSA) is 20.2 Å². The van der Waals surface area contributed by atoms with Gasteiger partial charge in [-0.3, -0.25) is 0 Å².